The van der Waals surface area contributed by atoms with Crippen LogP contribution in [0.3, 0.4) is 0 Å². The molecule has 0 unspecified atom stereocenters. The molecule has 0 aliphatic carbocycles. The van der Waals surface area contributed by atoms with Crippen molar-refractivity contribution in [2.24, 2.45) is 0 Å². The van der Waals surface area contributed by atoms with Crippen LogP contribution in [0, 0.1) is 0 Å². The highest BCUT2D eigenvalue weighted by Gasteiger charge is 2.36. The molecular weight excluding hydrogens is 593 g/mol. The fourth-order valence-corrected chi connectivity index (χ4v) is 4.31. The number of carbonyl (C=O) groups is 2. The molecule has 3 aromatic rings. The molecule has 3 aromatic carbocycles. The zero-order valence-electron chi connectivity index (χ0n) is 18.0. The third-order valence-corrected chi connectivity index (χ3v) is 6.36. The number of carbonyl (C=O) groups excluding carboxylic acids is 2. The van der Waals surface area contributed by atoms with Gasteiger partial charge in [0.25, 0.3) is 0 Å². The highest BCUT2D eigenvalue weighted by atomic mass is 79.9. The quantitative estimate of drug-likeness (QED) is 0.171. The molecule has 178 valence electrons. The Balaban J connectivity index is 1.87. The minimum absolute atomic E-state index is 0.0484. The Kier molecular flexibility index (Phi) is 7.00. The Morgan fingerprint density at radius 3 is 2.20 bits per heavy atom. The van der Waals surface area contributed by atoms with Gasteiger partial charge in [-0.3, -0.25) is 4.79 Å². The summed E-state index contributed by atoms with van der Waals surface area (Å²) in [6, 6.07) is 15.9. The number of esters is 1. The van der Waals surface area contributed by atoms with Crippen LogP contribution in [0.2, 0.25) is 0 Å². The lowest BCUT2D eigenvalue weighted by Crippen LogP contribution is -2.11. The zero-order chi connectivity index (χ0) is 25.3. The highest BCUT2D eigenvalue weighted by Crippen LogP contribution is 2.40. The van der Waals surface area contributed by atoms with Gasteiger partial charge in [-0.05, 0) is 81.7 Å². The summed E-state index contributed by atoms with van der Waals surface area (Å²) in [6.07, 6.45) is -3.05. The normalized spacial score (nSPS) is 14.9. The summed E-state index contributed by atoms with van der Waals surface area (Å²) in [7, 11) is 1.50. The third-order valence-electron chi connectivity index (χ3n) is 5.21. The number of Topliss-reactive ketones (excluding diaryl/α,β-unsaturated/α-hetero) is 1. The fourth-order valence-electron chi connectivity index (χ4n) is 3.51. The largest absolute Gasteiger partial charge is 0.496 e. The topological polar surface area (TPSA) is 52.6 Å². The van der Waals surface area contributed by atoms with Gasteiger partial charge >= 0.3 is 12.1 Å². The highest BCUT2D eigenvalue weighted by molar-refractivity contribution is 9.10. The SMILES string of the molecule is COc1ccc(C2=C(C(=O)c3ccc(Br)cc3)C(=O)O/C2=C\c2ccc(C(F)(F)F)cc2)cc1Br. The molecule has 4 rings (SSSR count). The van der Waals surface area contributed by atoms with Gasteiger partial charge in [0.15, 0.2) is 0 Å². The maximum Gasteiger partial charge on any atom is 0.416 e. The van der Waals surface area contributed by atoms with Crippen molar-refractivity contribution in [3.05, 3.63) is 109 Å². The van der Waals surface area contributed by atoms with Gasteiger partial charge in [-0.2, -0.15) is 13.2 Å². The first-order valence-electron chi connectivity index (χ1n) is 10.1. The molecular formula is C26H15Br2F3O4. The number of cyclic esters (lactones) is 1. The van der Waals surface area contributed by atoms with Crippen molar-refractivity contribution in [3.8, 4) is 5.75 Å². The minimum Gasteiger partial charge on any atom is -0.496 e. The number of benzene rings is 3. The van der Waals surface area contributed by atoms with E-state index < -0.39 is 23.5 Å². The molecule has 1 aliphatic rings. The van der Waals surface area contributed by atoms with Crippen molar-refractivity contribution in [2.75, 3.05) is 7.11 Å². The zero-order valence-corrected chi connectivity index (χ0v) is 21.1. The number of halogens is 5. The number of hydrogen-bond donors (Lipinski definition) is 0. The van der Waals surface area contributed by atoms with E-state index in [1.54, 1.807) is 42.5 Å². The monoisotopic (exact) mass is 606 g/mol. The van der Waals surface area contributed by atoms with Crippen LogP contribution in [0.5, 0.6) is 5.75 Å². The predicted octanol–water partition coefficient (Wildman–Crippen LogP) is 7.47. The number of rotatable bonds is 5. The van der Waals surface area contributed by atoms with Crippen LogP contribution < -0.4 is 4.74 Å². The molecule has 0 saturated carbocycles. The number of methoxy groups -OCH3 is 1. The number of hydrogen-bond acceptors (Lipinski definition) is 4. The predicted molar refractivity (Wildman–Crippen MR) is 132 cm³/mol. The van der Waals surface area contributed by atoms with E-state index in [9.17, 15) is 22.8 Å². The Morgan fingerprint density at radius 2 is 1.63 bits per heavy atom. The maximum atomic E-state index is 13.4. The maximum absolute atomic E-state index is 13.4. The van der Waals surface area contributed by atoms with Crippen molar-refractivity contribution in [3.63, 3.8) is 0 Å². The van der Waals surface area contributed by atoms with Crippen LogP contribution in [0.4, 0.5) is 13.2 Å². The smallest absolute Gasteiger partial charge is 0.416 e. The van der Waals surface area contributed by atoms with E-state index >= 15 is 0 Å². The first-order chi connectivity index (χ1) is 16.6. The molecule has 9 heteroatoms. The van der Waals surface area contributed by atoms with Gasteiger partial charge in [-0.25, -0.2) is 4.79 Å². The molecule has 1 heterocycles. The summed E-state index contributed by atoms with van der Waals surface area (Å²) in [5.41, 5.74) is 0.379. The van der Waals surface area contributed by atoms with Crippen molar-refractivity contribution in [1.29, 1.82) is 0 Å². The standard InChI is InChI=1S/C26H15Br2F3O4/c1-34-20-11-6-16(13-19(20)28)22-21(12-14-2-7-17(8-3-14)26(29,30)31)35-25(33)23(22)24(32)15-4-9-18(27)10-5-15/h2-13H,1H3/b21-12-. The lowest BCUT2D eigenvalue weighted by molar-refractivity contribution is -0.137. The van der Waals surface area contributed by atoms with Crippen LogP contribution in [-0.4, -0.2) is 18.9 Å². The lowest BCUT2D eigenvalue weighted by Gasteiger charge is -2.10. The van der Waals surface area contributed by atoms with Crippen LogP contribution >= 0.6 is 31.9 Å². The summed E-state index contributed by atoms with van der Waals surface area (Å²) < 4.78 is 50.9. The Morgan fingerprint density at radius 1 is 0.971 bits per heavy atom. The van der Waals surface area contributed by atoms with Crippen LogP contribution in [0.15, 0.2) is 87.0 Å². The summed E-state index contributed by atoms with van der Waals surface area (Å²) in [6.45, 7) is 0. The van der Waals surface area contributed by atoms with Crippen molar-refractivity contribution in [1.82, 2.24) is 0 Å². The lowest BCUT2D eigenvalue weighted by atomic mass is 9.93. The number of ether oxygens (including phenoxy) is 2. The van der Waals surface area contributed by atoms with Crippen molar-refractivity contribution >= 4 is 55.3 Å². The minimum atomic E-state index is -4.48. The van der Waals surface area contributed by atoms with Gasteiger partial charge in [0.2, 0.25) is 5.78 Å². The van der Waals surface area contributed by atoms with Crippen LogP contribution in [-0.2, 0) is 15.7 Å². The molecule has 1 aliphatic heterocycles. The first-order valence-corrected chi connectivity index (χ1v) is 11.7. The van der Waals surface area contributed by atoms with Crippen molar-refractivity contribution < 1.29 is 32.2 Å². The second kappa shape index (κ2) is 9.83. The van der Waals surface area contributed by atoms with E-state index in [1.165, 1.54) is 25.3 Å². The van der Waals surface area contributed by atoms with E-state index in [-0.39, 0.29) is 22.5 Å². The molecule has 35 heavy (non-hydrogen) atoms. The molecule has 0 amide bonds. The molecule has 0 saturated heterocycles. The summed E-state index contributed by atoms with van der Waals surface area (Å²) in [5, 5.41) is 0. The van der Waals surface area contributed by atoms with E-state index in [0.29, 0.717) is 21.3 Å². The van der Waals surface area contributed by atoms with E-state index in [4.69, 9.17) is 9.47 Å². The molecule has 0 bridgehead atoms. The van der Waals surface area contributed by atoms with Gasteiger partial charge in [0.1, 0.15) is 17.1 Å². The number of allylic oxidation sites excluding steroid dienone is 1. The Bertz CT molecular complexity index is 1370. The van der Waals surface area contributed by atoms with Crippen molar-refractivity contribution in [2.45, 2.75) is 6.18 Å². The second-order valence-electron chi connectivity index (χ2n) is 7.45. The molecule has 0 atom stereocenters. The second-order valence-corrected chi connectivity index (χ2v) is 9.22. The van der Waals surface area contributed by atoms with Gasteiger partial charge in [0, 0.05) is 15.6 Å². The average Bonchev–Trinajstić information content (AvgIpc) is 3.14. The molecule has 0 radical (unpaired) electrons. The average molecular weight is 608 g/mol. The van der Waals surface area contributed by atoms with E-state index in [1.807, 2.05) is 0 Å². The Labute approximate surface area is 215 Å². The molecule has 0 N–H and O–H groups in total. The number of ketones is 1. The summed E-state index contributed by atoms with van der Waals surface area (Å²) >= 11 is 6.72. The third kappa shape index (κ3) is 5.26. The van der Waals surface area contributed by atoms with Crippen LogP contribution in [0.25, 0.3) is 11.6 Å². The van der Waals surface area contributed by atoms with Gasteiger partial charge in [0.05, 0.1) is 17.1 Å². The number of alkyl halides is 3. The van der Waals surface area contributed by atoms with E-state index in [0.717, 1.165) is 16.6 Å². The molecule has 0 aromatic heterocycles. The Hall–Kier alpha value is -3.17. The van der Waals surface area contributed by atoms with E-state index in [2.05, 4.69) is 31.9 Å². The molecule has 4 nitrogen and oxygen atoms in total. The van der Waals surface area contributed by atoms with Crippen LogP contribution in [0.1, 0.15) is 27.0 Å². The summed E-state index contributed by atoms with van der Waals surface area (Å²) in [4.78, 5) is 26.2. The molecule has 0 fully saturated rings. The van der Waals surface area contributed by atoms with Gasteiger partial charge in [-0.1, -0.05) is 34.1 Å². The van der Waals surface area contributed by atoms with Gasteiger partial charge < -0.3 is 9.47 Å². The first kappa shape index (κ1) is 24.9. The van der Waals surface area contributed by atoms with Gasteiger partial charge in [-0.15, -0.1) is 0 Å². The fraction of sp³-hybridized carbons (Fsp3) is 0.0769. The summed E-state index contributed by atoms with van der Waals surface area (Å²) in [5.74, 6) is -0.806. The molecule has 0 spiro atoms.